The molecule has 3 rings (SSSR count). The summed E-state index contributed by atoms with van der Waals surface area (Å²) in [6.45, 7) is 1.29. The molecule has 0 radical (unpaired) electrons. The summed E-state index contributed by atoms with van der Waals surface area (Å²) >= 11 is 6.08. The van der Waals surface area contributed by atoms with E-state index in [1.807, 2.05) is 0 Å². The van der Waals surface area contributed by atoms with Crippen LogP contribution in [0.3, 0.4) is 0 Å². The zero-order valence-corrected chi connectivity index (χ0v) is 15.9. The smallest absolute Gasteiger partial charge is 0.341 e. The summed E-state index contributed by atoms with van der Waals surface area (Å²) in [6, 6.07) is 9.93. The first kappa shape index (κ1) is 20.1. The molecule has 1 heterocycles. The van der Waals surface area contributed by atoms with E-state index in [4.69, 9.17) is 21.4 Å². The number of aliphatic carboxylic acids is 1. The van der Waals surface area contributed by atoms with Crippen LogP contribution in [0, 0.1) is 6.92 Å². The lowest BCUT2D eigenvalue weighted by molar-refractivity contribution is -0.139. The minimum Gasteiger partial charge on any atom is -0.482 e. The van der Waals surface area contributed by atoms with Crippen LogP contribution in [0.25, 0.3) is 6.08 Å². The molecule has 148 valence electrons. The molecule has 0 atom stereocenters. The van der Waals surface area contributed by atoms with Crippen molar-refractivity contribution in [1.82, 2.24) is 5.32 Å². The molecule has 1 fully saturated rings. The third-order valence-electron chi connectivity index (χ3n) is 4.07. The lowest BCUT2D eigenvalue weighted by Crippen LogP contribution is -2.54. The van der Waals surface area contributed by atoms with Crippen molar-refractivity contribution in [3.63, 3.8) is 0 Å². The van der Waals surface area contributed by atoms with Crippen molar-refractivity contribution in [2.24, 2.45) is 0 Å². The van der Waals surface area contributed by atoms with Gasteiger partial charge in [-0.25, -0.2) is 14.5 Å². The quantitative estimate of drug-likeness (QED) is 0.574. The monoisotopic (exact) mass is 414 g/mol. The molecular formula is C20H15ClN2O6. The number of carbonyl (C=O) groups is 4. The standard InChI is InChI=1S/C20H15ClN2O6/c1-11-2-5-13(9-16(11)21)23-19(27)15(18(26)22-20(23)28)8-12-3-6-14(7-4-12)29-10-17(24)25/h2-9H,10H2,1H3,(H,24,25)(H,22,26,28)/b15-8-. The minimum absolute atomic E-state index is 0.235. The number of urea groups is 1. The number of carboxylic acid groups (broad SMARTS) is 1. The fraction of sp³-hybridized carbons (Fsp3) is 0.100. The molecule has 1 saturated heterocycles. The highest BCUT2D eigenvalue weighted by molar-refractivity contribution is 6.39. The Balaban J connectivity index is 1.88. The number of rotatable bonds is 5. The number of aryl methyl sites for hydroxylation is 1. The molecule has 0 aromatic heterocycles. The average Bonchev–Trinajstić information content (AvgIpc) is 2.67. The van der Waals surface area contributed by atoms with E-state index in [2.05, 4.69) is 5.32 Å². The Morgan fingerprint density at radius 3 is 2.48 bits per heavy atom. The van der Waals surface area contributed by atoms with Gasteiger partial charge in [0, 0.05) is 5.02 Å². The van der Waals surface area contributed by atoms with Crippen LogP contribution in [0.1, 0.15) is 11.1 Å². The molecule has 4 amide bonds. The summed E-state index contributed by atoms with van der Waals surface area (Å²) in [6.07, 6.45) is 1.33. The first-order valence-corrected chi connectivity index (χ1v) is 8.76. The normalized spacial score (nSPS) is 15.4. The first-order chi connectivity index (χ1) is 13.8. The van der Waals surface area contributed by atoms with Crippen LogP contribution < -0.4 is 15.0 Å². The predicted molar refractivity (Wildman–Crippen MR) is 105 cm³/mol. The lowest BCUT2D eigenvalue weighted by Gasteiger charge is -2.26. The van der Waals surface area contributed by atoms with Crippen LogP contribution in [0.15, 0.2) is 48.0 Å². The summed E-state index contributed by atoms with van der Waals surface area (Å²) in [5.74, 6) is -2.40. The highest BCUT2D eigenvalue weighted by Gasteiger charge is 2.36. The molecule has 2 aromatic carbocycles. The van der Waals surface area contributed by atoms with Gasteiger partial charge in [0.05, 0.1) is 5.69 Å². The van der Waals surface area contributed by atoms with Crippen LogP contribution in [-0.2, 0) is 14.4 Å². The highest BCUT2D eigenvalue weighted by atomic mass is 35.5. The molecule has 8 nitrogen and oxygen atoms in total. The number of hydrogen-bond donors (Lipinski definition) is 2. The molecule has 0 saturated carbocycles. The summed E-state index contributed by atoms with van der Waals surface area (Å²) in [7, 11) is 0. The molecule has 1 aliphatic rings. The van der Waals surface area contributed by atoms with Crippen molar-refractivity contribution >= 4 is 47.2 Å². The molecule has 29 heavy (non-hydrogen) atoms. The van der Waals surface area contributed by atoms with E-state index in [1.54, 1.807) is 31.2 Å². The fourth-order valence-corrected chi connectivity index (χ4v) is 2.76. The lowest BCUT2D eigenvalue weighted by atomic mass is 10.1. The number of carbonyl (C=O) groups excluding carboxylic acids is 3. The molecule has 2 N–H and O–H groups in total. The summed E-state index contributed by atoms with van der Waals surface area (Å²) in [4.78, 5) is 48.6. The van der Waals surface area contributed by atoms with Crippen molar-refractivity contribution in [1.29, 1.82) is 0 Å². The van der Waals surface area contributed by atoms with Gasteiger partial charge in [-0.15, -0.1) is 0 Å². The minimum atomic E-state index is -1.11. The molecule has 0 aliphatic carbocycles. The molecule has 0 bridgehead atoms. The van der Waals surface area contributed by atoms with E-state index >= 15 is 0 Å². The second kappa shape index (κ2) is 8.15. The van der Waals surface area contributed by atoms with Gasteiger partial charge in [0.15, 0.2) is 6.61 Å². The summed E-state index contributed by atoms with van der Waals surface area (Å²) in [5.41, 5.74) is 1.26. The number of nitrogens with zero attached hydrogens (tertiary/aromatic N) is 1. The molecule has 0 unspecified atom stereocenters. The van der Waals surface area contributed by atoms with Crippen LogP contribution in [0.2, 0.25) is 5.02 Å². The van der Waals surface area contributed by atoms with Crippen LogP contribution in [0.4, 0.5) is 10.5 Å². The van der Waals surface area contributed by atoms with Crippen molar-refractivity contribution in [2.45, 2.75) is 6.92 Å². The number of benzene rings is 2. The Labute approximate surface area is 170 Å². The number of anilines is 1. The summed E-state index contributed by atoms with van der Waals surface area (Å²) < 4.78 is 5.03. The summed E-state index contributed by atoms with van der Waals surface area (Å²) in [5, 5.41) is 11.1. The second-order valence-electron chi connectivity index (χ2n) is 6.14. The number of barbiturate groups is 1. The van der Waals surface area contributed by atoms with Gasteiger partial charge in [-0.1, -0.05) is 29.8 Å². The number of hydrogen-bond acceptors (Lipinski definition) is 5. The van der Waals surface area contributed by atoms with Gasteiger partial charge in [-0.3, -0.25) is 14.9 Å². The van der Waals surface area contributed by atoms with Crippen molar-refractivity contribution in [2.75, 3.05) is 11.5 Å². The van der Waals surface area contributed by atoms with Gasteiger partial charge in [-0.05, 0) is 48.4 Å². The van der Waals surface area contributed by atoms with Gasteiger partial charge in [0.2, 0.25) is 0 Å². The number of ether oxygens (including phenoxy) is 1. The van der Waals surface area contributed by atoms with Crippen molar-refractivity contribution < 1.29 is 29.0 Å². The van der Waals surface area contributed by atoms with Crippen LogP contribution in [-0.4, -0.2) is 35.5 Å². The molecule has 2 aromatic rings. The van der Waals surface area contributed by atoms with E-state index in [-0.39, 0.29) is 11.3 Å². The predicted octanol–water partition coefficient (Wildman–Crippen LogP) is 2.78. The Kier molecular flexibility index (Phi) is 5.65. The largest absolute Gasteiger partial charge is 0.482 e. The van der Waals surface area contributed by atoms with Crippen LogP contribution >= 0.6 is 11.6 Å². The number of halogens is 1. The van der Waals surface area contributed by atoms with E-state index in [0.29, 0.717) is 16.3 Å². The van der Waals surface area contributed by atoms with Gasteiger partial charge in [0.25, 0.3) is 11.8 Å². The third-order valence-corrected chi connectivity index (χ3v) is 4.48. The van der Waals surface area contributed by atoms with E-state index in [1.165, 1.54) is 24.3 Å². The SMILES string of the molecule is Cc1ccc(N2C(=O)NC(=O)/C(=C/c3ccc(OCC(=O)O)cc3)C2=O)cc1Cl. The van der Waals surface area contributed by atoms with Gasteiger partial charge in [0.1, 0.15) is 11.3 Å². The highest BCUT2D eigenvalue weighted by Crippen LogP contribution is 2.27. The topological polar surface area (TPSA) is 113 Å². The van der Waals surface area contributed by atoms with Gasteiger partial charge < -0.3 is 9.84 Å². The molecular weight excluding hydrogens is 400 g/mol. The number of carboxylic acids is 1. The van der Waals surface area contributed by atoms with Gasteiger partial charge in [-0.2, -0.15) is 0 Å². The maximum absolute atomic E-state index is 12.8. The van der Waals surface area contributed by atoms with Crippen molar-refractivity contribution in [3.8, 4) is 5.75 Å². The molecule has 1 aliphatic heterocycles. The Hall–Kier alpha value is -3.65. The zero-order valence-electron chi connectivity index (χ0n) is 15.1. The maximum atomic E-state index is 12.8. The van der Waals surface area contributed by atoms with Crippen molar-refractivity contribution in [3.05, 3.63) is 64.2 Å². The Morgan fingerprint density at radius 1 is 1.17 bits per heavy atom. The second-order valence-corrected chi connectivity index (χ2v) is 6.55. The number of nitrogens with one attached hydrogen (secondary N) is 1. The maximum Gasteiger partial charge on any atom is 0.341 e. The third kappa shape index (κ3) is 4.44. The average molecular weight is 415 g/mol. The first-order valence-electron chi connectivity index (χ1n) is 8.38. The number of imide groups is 2. The Bertz CT molecular complexity index is 1050. The fourth-order valence-electron chi connectivity index (χ4n) is 2.58. The van der Waals surface area contributed by atoms with Gasteiger partial charge >= 0.3 is 12.0 Å². The number of amides is 4. The zero-order chi connectivity index (χ0) is 21.1. The van der Waals surface area contributed by atoms with E-state index in [9.17, 15) is 19.2 Å². The van der Waals surface area contributed by atoms with E-state index in [0.717, 1.165) is 10.5 Å². The Morgan fingerprint density at radius 2 is 1.86 bits per heavy atom. The molecule has 9 heteroatoms. The molecule has 0 spiro atoms. The van der Waals surface area contributed by atoms with Crippen LogP contribution in [0.5, 0.6) is 5.75 Å². The van der Waals surface area contributed by atoms with E-state index < -0.39 is 30.4 Å².